The number of benzene rings is 3. The minimum atomic E-state index is -1.25. The maximum absolute atomic E-state index is 15.0. The van der Waals surface area contributed by atoms with Gasteiger partial charge >= 0.3 is 0 Å². The van der Waals surface area contributed by atoms with Gasteiger partial charge in [-0.2, -0.15) is 0 Å². The fourth-order valence-corrected chi connectivity index (χ4v) is 7.79. The zero-order valence-corrected chi connectivity index (χ0v) is 23.7. The van der Waals surface area contributed by atoms with E-state index in [-0.39, 0.29) is 11.8 Å². The molecule has 2 amide bonds. The van der Waals surface area contributed by atoms with Crippen molar-refractivity contribution >= 4 is 28.4 Å². The van der Waals surface area contributed by atoms with Crippen molar-refractivity contribution in [3.8, 4) is 0 Å². The number of para-hydroxylation sites is 2. The third-order valence-corrected chi connectivity index (χ3v) is 9.38. The number of H-pyrrole nitrogens is 1. The first-order valence-corrected chi connectivity index (χ1v) is 14.5. The van der Waals surface area contributed by atoms with E-state index in [1.165, 1.54) is 0 Å². The smallest absolute Gasteiger partial charge is 0.254 e. The molecule has 1 aromatic heterocycles. The van der Waals surface area contributed by atoms with E-state index >= 15 is 0 Å². The van der Waals surface area contributed by atoms with Gasteiger partial charge in [-0.1, -0.05) is 75.4 Å². The number of ether oxygens (including phenoxy) is 1. The molecule has 210 valence electrons. The fraction of sp³-hybridized carbons (Fsp3) is 0.353. The molecular formula is C34H36N4O3. The lowest BCUT2D eigenvalue weighted by Gasteiger charge is -2.48. The van der Waals surface area contributed by atoms with Gasteiger partial charge in [0.1, 0.15) is 6.23 Å². The summed E-state index contributed by atoms with van der Waals surface area (Å²) in [5.41, 5.74) is 2.42. The van der Waals surface area contributed by atoms with Gasteiger partial charge in [0.25, 0.3) is 5.91 Å². The van der Waals surface area contributed by atoms with E-state index in [0.717, 1.165) is 27.7 Å². The summed E-state index contributed by atoms with van der Waals surface area (Å²) >= 11 is 0. The van der Waals surface area contributed by atoms with Crippen LogP contribution in [0.3, 0.4) is 0 Å². The molecule has 4 aromatic rings. The lowest BCUT2D eigenvalue weighted by molar-refractivity contribution is -0.141. The van der Waals surface area contributed by atoms with Gasteiger partial charge in [0.2, 0.25) is 5.91 Å². The monoisotopic (exact) mass is 548 g/mol. The summed E-state index contributed by atoms with van der Waals surface area (Å²) in [6, 6.07) is 25.6. The number of nitrogens with one attached hydrogen (secondary N) is 3. The van der Waals surface area contributed by atoms with Crippen molar-refractivity contribution in [2.24, 2.45) is 5.41 Å². The van der Waals surface area contributed by atoms with Crippen LogP contribution in [0.15, 0.2) is 85.1 Å². The molecule has 1 spiro atoms. The third-order valence-electron chi connectivity index (χ3n) is 9.38. The van der Waals surface area contributed by atoms with Crippen LogP contribution in [0.2, 0.25) is 0 Å². The van der Waals surface area contributed by atoms with Crippen LogP contribution < -0.4 is 10.6 Å². The van der Waals surface area contributed by atoms with Gasteiger partial charge < -0.3 is 25.3 Å². The second-order valence-electron chi connectivity index (χ2n) is 12.6. The van der Waals surface area contributed by atoms with Gasteiger partial charge in [0.05, 0.1) is 11.5 Å². The van der Waals surface area contributed by atoms with Crippen LogP contribution in [0.1, 0.15) is 48.7 Å². The van der Waals surface area contributed by atoms with Crippen LogP contribution in [-0.2, 0) is 21.4 Å². The molecule has 3 aromatic carbocycles. The number of aromatic nitrogens is 1. The van der Waals surface area contributed by atoms with E-state index in [2.05, 4.69) is 54.6 Å². The van der Waals surface area contributed by atoms with Gasteiger partial charge in [0.15, 0.2) is 5.54 Å². The number of aromatic amines is 1. The highest BCUT2D eigenvalue weighted by Crippen LogP contribution is 2.65. The predicted octanol–water partition coefficient (Wildman–Crippen LogP) is 5.25. The van der Waals surface area contributed by atoms with Gasteiger partial charge in [0, 0.05) is 41.4 Å². The van der Waals surface area contributed by atoms with Crippen LogP contribution in [0.4, 0.5) is 5.69 Å². The Hall–Kier alpha value is -4.10. The van der Waals surface area contributed by atoms with E-state index in [4.69, 9.17) is 4.74 Å². The Labute approximate surface area is 240 Å². The molecular weight excluding hydrogens is 512 g/mol. The summed E-state index contributed by atoms with van der Waals surface area (Å²) in [6.07, 6.45) is 2.36. The Morgan fingerprint density at radius 3 is 2.54 bits per heavy atom. The van der Waals surface area contributed by atoms with E-state index in [0.29, 0.717) is 31.5 Å². The number of carbonyl (C=O) groups is 2. The highest BCUT2D eigenvalue weighted by atomic mass is 16.5. The standard InChI is InChI=1S/C34H36N4O3/c1-32(2,3)29-34(30(40)35-19-17-23-21-36-26-15-9-7-13-24(23)26)33(25-14-8-10-16-27(25)37-31(33)41-29)18-20-38(34)28(39)22-11-5-4-6-12-22/h4-16,21,29,31,36-37H,17-20H2,1-3H3,(H,35,40)/t29-,31+,33+,34-/m0/s1. The quantitative estimate of drug-likeness (QED) is 0.318. The molecule has 4 heterocycles. The normalized spacial score (nSPS) is 26.4. The second-order valence-corrected chi connectivity index (χ2v) is 12.6. The predicted molar refractivity (Wildman–Crippen MR) is 160 cm³/mol. The summed E-state index contributed by atoms with van der Waals surface area (Å²) in [5.74, 6) is -0.294. The first-order chi connectivity index (χ1) is 19.8. The summed E-state index contributed by atoms with van der Waals surface area (Å²) in [5, 5.41) is 8.06. The van der Waals surface area contributed by atoms with Crippen molar-refractivity contribution in [1.29, 1.82) is 0 Å². The zero-order chi connectivity index (χ0) is 28.4. The molecule has 0 radical (unpaired) electrons. The van der Waals surface area contributed by atoms with Crippen LogP contribution >= 0.6 is 0 Å². The van der Waals surface area contributed by atoms with Gasteiger partial charge in [-0.15, -0.1) is 0 Å². The molecule has 3 N–H and O–H groups in total. The van der Waals surface area contributed by atoms with Crippen molar-refractivity contribution in [2.45, 2.75) is 56.9 Å². The van der Waals surface area contributed by atoms with E-state index in [1.54, 1.807) is 0 Å². The third kappa shape index (κ3) is 3.54. The molecule has 0 unspecified atom stereocenters. The first-order valence-electron chi connectivity index (χ1n) is 14.5. The Balaban J connectivity index is 1.33. The zero-order valence-electron chi connectivity index (χ0n) is 23.7. The van der Waals surface area contributed by atoms with Crippen molar-refractivity contribution in [3.63, 3.8) is 0 Å². The number of hydrogen-bond donors (Lipinski definition) is 3. The van der Waals surface area contributed by atoms with E-state index in [9.17, 15) is 9.59 Å². The molecule has 7 heteroatoms. The minimum absolute atomic E-state index is 0.142. The summed E-state index contributed by atoms with van der Waals surface area (Å²) in [6.45, 7) is 7.21. The highest BCUT2D eigenvalue weighted by molar-refractivity contribution is 6.02. The average molecular weight is 549 g/mol. The van der Waals surface area contributed by atoms with Crippen molar-refractivity contribution in [3.05, 3.63) is 102 Å². The topological polar surface area (TPSA) is 86.5 Å². The van der Waals surface area contributed by atoms with Crippen molar-refractivity contribution in [2.75, 3.05) is 18.4 Å². The van der Waals surface area contributed by atoms with Crippen LogP contribution in [0.5, 0.6) is 0 Å². The maximum atomic E-state index is 15.0. The van der Waals surface area contributed by atoms with Crippen molar-refractivity contribution < 1.29 is 14.3 Å². The molecule has 2 saturated heterocycles. The van der Waals surface area contributed by atoms with Crippen molar-refractivity contribution in [1.82, 2.24) is 15.2 Å². The number of hydrogen-bond acceptors (Lipinski definition) is 4. The number of fused-ring (bicyclic) bond motifs is 2. The SMILES string of the molecule is CC(C)(C)[C@@H]1O[C@H]2Nc3ccccc3[C@]23CCN(C(=O)c2ccccc2)[C@]13C(=O)NCCc1c[nH]c2ccccc12. The molecule has 7 nitrogen and oxygen atoms in total. The molecule has 0 aliphatic carbocycles. The second kappa shape index (κ2) is 9.21. The molecule has 0 saturated carbocycles. The van der Waals surface area contributed by atoms with Crippen LogP contribution in [-0.4, -0.2) is 52.7 Å². The summed E-state index contributed by atoms with van der Waals surface area (Å²) < 4.78 is 6.87. The minimum Gasteiger partial charge on any atom is -0.361 e. The maximum Gasteiger partial charge on any atom is 0.254 e. The number of likely N-dealkylation sites (tertiary alicyclic amines) is 1. The van der Waals surface area contributed by atoms with E-state index < -0.39 is 28.7 Å². The van der Waals surface area contributed by atoms with Crippen LogP contribution in [0, 0.1) is 5.41 Å². The summed E-state index contributed by atoms with van der Waals surface area (Å²) in [7, 11) is 0. The highest BCUT2D eigenvalue weighted by Gasteiger charge is 2.80. The summed E-state index contributed by atoms with van der Waals surface area (Å²) in [4.78, 5) is 34.5. The Morgan fingerprint density at radius 1 is 1.00 bits per heavy atom. The molecule has 0 bridgehead atoms. The van der Waals surface area contributed by atoms with Gasteiger partial charge in [-0.05, 0) is 53.6 Å². The van der Waals surface area contributed by atoms with Crippen LogP contribution in [0.25, 0.3) is 10.9 Å². The fourth-order valence-electron chi connectivity index (χ4n) is 7.79. The largest absolute Gasteiger partial charge is 0.361 e. The number of anilines is 1. The Kier molecular flexibility index (Phi) is 5.81. The number of amides is 2. The van der Waals surface area contributed by atoms with Gasteiger partial charge in [-0.25, -0.2) is 0 Å². The van der Waals surface area contributed by atoms with Gasteiger partial charge in [-0.3, -0.25) is 9.59 Å². The Morgan fingerprint density at radius 2 is 1.73 bits per heavy atom. The number of nitrogens with zero attached hydrogens (tertiary/aromatic N) is 1. The molecule has 3 aliphatic rings. The molecule has 2 fully saturated rings. The first kappa shape index (κ1) is 25.8. The average Bonchev–Trinajstić information content (AvgIpc) is 3.70. The number of rotatable bonds is 5. The lowest BCUT2D eigenvalue weighted by atomic mass is 9.60. The molecule has 3 aliphatic heterocycles. The molecule has 41 heavy (non-hydrogen) atoms. The number of carbonyl (C=O) groups excluding carboxylic acids is 2. The van der Waals surface area contributed by atoms with E-state index in [1.807, 2.05) is 71.8 Å². The Bertz CT molecular complexity index is 1640. The molecule has 4 atom stereocenters. The molecule has 7 rings (SSSR count). The lowest BCUT2D eigenvalue weighted by Crippen LogP contribution is -2.71.